The molecule has 0 aromatic heterocycles. The Morgan fingerprint density at radius 2 is 1.54 bits per heavy atom. The number of nitrogens with one attached hydrogen (secondary N) is 2. The first-order valence-corrected chi connectivity index (χ1v) is 5.44. The Balaban J connectivity index is 1.85. The smallest absolute Gasteiger partial charge is 0.0195 e. The maximum Gasteiger partial charge on any atom is 0.0195 e. The van der Waals surface area contributed by atoms with Crippen molar-refractivity contribution in [2.24, 2.45) is 5.92 Å². The summed E-state index contributed by atoms with van der Waals surface area (Å²) in [7, 11) is 0. The predicted molar refractivity (Wildman–Crippen MR) is 54.9 cm³/mol. The third-order valence-electron chi connectivity index (χ3n) is 3.35. The van der Waals surface area contributed by atoms with Crippen molar-refractivity contribution in [3.63, 3.8) is 0 Å². The van der Waals surface area contributed by atoms with Crippen LogP contribution in [-0.4, -0.2) is 49.7 Å². The Kier molecular flexibility index (Phi) is 2.86. The maximum atomic E-state index is 3.47. The van der Waals surface area contributed by atoms with Crippen molar-refractivity contribution in [1.29, 1.82) is 0 Å². The van der Waals surface area contributed by atoms with Crippen LogP contribution in [0.15, 0.2) is 0 Å². The molecule has 2 heterocycles. The number of rotatable bonds is 2. The highest BCUT2D eigenvalue weighted by atomic mass is 15.2. The fourth-order valence-corrected chi connectivity index (χ4v) is 2.31. The highest BCUT2D eigenvalue weighted by molar-refractivity contribution is 4.87. The lowest BCUT2D eigenvalue weighted by molar-refractivity contribution is 0.0831. The first kappa shape index (κ1) is 9.44. The lowest BCUT2D eigenvalue weighted by Crippen LogP contribution is -2.59. The quantitative estimate of drug-likeness (QED) is 0.625. The zero-order valence-electron chi connectivity index (χ0n) is 8.71. The minimum Gasteiger partial charge on any atom is -0.316 e. The van der Waals surface area contributed by atoms with E-state index in [1.807, 2.05) is 0 Å². The van der Waals surface area contributed by atoms with Crippen LogP contribution in [-0.2, 0) is 0 Å². The molecular formula is C10H21N3. The normalized spacial score (nSPS) is 37.4. The van der Waals surface area contributed by atoms with Gasteiger partial charge in [-0.15, -0.1) is 0 Å². The van der Waals surface area contributed by atoms with Gasteiger partial charge in [-0.3, -0.25) is 4.90 Å². The molecule has 2 fully saturated rings. The Hall–Kier alpha value is -0.120. The molecule has 2 rings (SSSR count). The van der Waals surface area contributed by atoms with Crippen LogP contribution in [0.2, 0.25) is 0 Å². The fraction of sp³-hybridized carbons (Fsp3) is 1.00. The molecule has 2 aliphatic heterocycles. The summed E-state index contributed by atoms with van der Waals surface area (Å²) in [6, 6.07) is 1.42. The van der Waals surface area contributed by atoms with Gasteiger partial charge in [0.25, 0.3) is 0 Å². The van der Waals surface area contributed by atoms with Gasteiger partial charge in [0.05, 0.1) is 0 Å². The van der Waals surface area contributed by atoms with E-state index in [0.29, 0.717) is 12.1 Å². The van der Waals surface area contributed by atoms with E-state index in [2.05, 4.69) is 29.4 Å². The van der Waals surface area contributed by atoms with Crippen molar-refractivity contribution in [2.75, 3.05) is 32.7 Å². The number of hydrogen-bond acceptors (Lipinski definition) is 3. The monoisotopic (exact) mass is 183 g/mol. The maximum absolute atomic E-state index is 3.47. The van der Waals surface area contributed by atoms with E-state index in [1.54, 1.807) is 0 Å². The molecule has 0 spiro atoms. The Morgan fingerprint density at radius 1 is 1.00 bits per heavy atom. The summed E-state index contributed by atoms with van der Waals surface area (Å²) >= 11 is 0. The average Bonchev–Trinajstić information content (AvgIpc) is 2.00. The van der Waals surface area contributed by atoms with Gasteiger partial charge in [-0.25, -0.2) is 0 Å². The van der Waals surface area contributed by atoms with Crippen molar-refractivity contribution < 1.29 is 0 Å². The largest absolute Gasteiger partial charge is 0.316 e. The molecule has 0 aromatic rings. The summed E-state index contributed by atoms with van der Waals surface area (Å²) in [4.78, 5) is 2.65. The van der Waals surface area contributed by atoms with Crippen LogP contribution in [0.25, 0.3) is 0 Å². The molecule has 3 heteroatoms. The molecule has 0 amide bonds. The Bertz CT molecular complexity index is 158. The summed E-state index contributed by atoms with van der Waals surface area (Å²) in [6.45, 7) is 10.7. The van der Waals surface area contributed by atoms with E-state index in [1.165, 1.54) is 19.6 Å². The lowest BCUT2D eigenvalue weighted by atomic mass is 9.99. The van der Waals surface area contributed by atoms with Crippen LogP contribution < -0.4 is 10.6 Å². The molecular weight excluding hydrogens is 162 g/mol. The Labute approximate surface area is 80.9 Å². The van der Waals surface area contributed by atoms with Crippen molar-refractivity contribution in [3.05, 3.63) is 0 Å². The number of piperazine rings is 1. The molecule has 2 saturated heterocycles. The summed E-state index contributed by atoms with van der Waals surface area (Å²) in [5.74, 6) is 0.906. The highest BCUT2D eigenvalue weighted by Gasteiger charge is 2.28. The minimum absolute atomic E-state index is 0.712. The van der Waals surface area contributed by atoms with E-state index < -0.39 is 0 Å². The van der Waals surface area contributed by atoms with Crippen molar-refractivity contribution in [2.45, 2.75) is 25.9 Å². The van der Waals surface area contributed by atoms with Crippen LogP contribution in [0.3, 0.4) is 0 Å². The second-order valence-corrected chi connectivity index (χ2v) is 4.58. The van der Waals surface area contributed by atoms with Crippen LogP contribution in [0, 0.1) is 5.92 Å². The minimum atomic E-state index is 0.712. The van der Waals surface area contributed by atoms with Gasteiger partial charge in [-0.05, 0) is 19.8 Å². The lowest BCUT2D eigenvalue weighted by Gasteiger charge is -2.43. The van der Waals surface area contributed by atoms with Gasteiger partial charge < -0.3 is 10.6 Å². The third-order valence-corrected chi connectivity index (χ3v) is 3.35. The molecule has 2 N–H and O–H groups in total. The predicted octanol–water partition coefficient (Wildman–Crippen LogP) is -0.112. The van der Waals surface area contributed by atoms with E-state index >= 15 is 0 Å². The Morgan fingerprint density at radius 3 is 2.00 bits per heavy atom. The summed E-state index contributed by atoms with van der Waals surface area (Å²) in [6.07, 6.45) is 0. The molecule has 0 radical (unpaired) electrons. The first-order chi connectivity index (χ1) is 6.27. The van der Waals surface area contributed by atoms with Crippen LogP contribution in [0.1, 0.15) is 13.8 Å². The average molecular weight is 183 g/mol. The molecule has 0 aliphatic carbocycles. The molecule has 0 aromatic carbocycles. The van der Waals surface area contributed by atoms with E-state index in [4.69, 9.17) is 0 Å². The molecule has 2 atom stereocenters. The first-order valence-electron chi connectivity index (χ1n) is 5.44. The third kappa shape index (κ3) is 2.03. The van der Waals surface area contributed by atoms with Crippen molar-refractivity contribution in [1.82, 2.24) is 15.5 Å². The second kappa shape index (κ2) is 3.95. The zero-order chi connectivity index (χ0) is 9.26. The summed E-state index contributed by atoms with van der Waals surface area (Å²) < 4.78 is 0. The molecule has 2 aliphatic rings. The fourth-order valence-electron chi connectivity index (χ4n) is 2.31. The molecule has 13 heavy (non-hydrogen) atoms. The zero-order valence-corrected chi connectivity index (χ0v) is 8.71. The van der Waals surface area contributed by atoms with Crippen LogP contribution in [0.5, 0.6) is 0 Å². The van der Waals surface area contributed by atoms with Gasteiger partial charge in [-0.2, -0.15) is 0 Å². The van der Waals surface area contributed by atoms with Gasteiger partial charge in [0, 0.05) is 44.8 Å². The topological polar surface area (TPSA) is 27.3 Å². The second-order valence-electron chi connectivity index (χ2n) is 4.58. The summed E-state index contributed by atoms with van der Waals surface area (Å²) in [5.41, 5.74) is 0. The molecule has 76 valence electrons. The molecule has 0 bridgehead atoms. The number of nitrogens with zero attached hydrogens (tertiary/aromatic N) is 1. The van der Waals surface area contributed by atoms with Gasteiger partial charge in [0.15, 0.2) is 0 Å². The molecule has 0 saturated carbocycles. The van der Waals surface area contributed by atoms with Gasteiger partial charge in [-0.1, -0.05) is 0 Å². The van der Waals surface area contributed by atoms with Crippen molar-refractivity contribution >= 4 is 0 Å². The van der Waals surface area contributed by atoms with Crippen LogP contribution >= 0.6 is 0 Å². The number of hydrogen-bond donors (Lipinski definition) is 2. The van der Waals surface area contributed by atoms with Gasteiger partial charge >= 0.3 is 0 Å². The van der Waals surface area contributed by atoms with Crippen LogP contribution in [0.4, 0.5) is 0 Å². The molecule has 2 unspecified atom stereocenters. The van der Waals surface area contributed by atoms with E-state index in [-0.39, 0.29) is 0 Å². The van der Waals surface area contributed by atoms with Gasteiger partial charge in [0.1, 0.15) is 0 Å². The molecule has 3 nitrogen and oxygen atoms in total. The van der Waals surface area contributed by atoms with E-state index in [9.17, 15) is 0 Å². The van der Waals surface area contributed by atoms with Crippen molar-refractivity contribution in [3.8, 4) is 0 Å². The highest BCUT2D eigenvalue weighted by Crippen LogP contribution is 2.14. The van der Waals surface area contributed by atoms with Gasteiger partial charge in [0.2, 0.25) is 0 Å². The SMILES string of the molecule is CC1CNCC(C)N1CC1CNC1. The summed E-state index contributed by atoms with van der Waals surface area (Å²) in [5, 5.41) is 6.80. The van der Waals surface area contributed by atoms with E-state index in [0.717, 1.165) is 19.0 Å². The standard InChI is InChI=1S/C10H21N3/c1-8-3-11-4-9(2)13(8)7-10-5-12-6-10/h8-12H,3-7H2,1-2H3.